The van der Waals surface area contributed by atoms with Crippen LogP contribution >= 0.6 is 0 Å². The maximum Gasteiger partial charge on any atom is 0.338 e. The lowest BCUT2D eigenvalue weighted by atomic mass is 9.51. The van der Waals surface area contributed by atoms with Crippen molar-refractivity contribution in [2.45, 2.75) is 101 Å². The molecule has 220 valence electrons. The molecule has 0 aromatic rings. The Hall–Kier alpha value is -2.12. The van der Waals surface area contributed by atoms with Gasteiger partial charge in [-0.15, -0.1) is 0 Å². The van der Waals surface area contributed by atoms with Gasteiger partial charge < -0.3 is 43.7 Å². The second kappa shape index (κ2) is 9.45. The van der Waals surface area contributed by atoms with Crippen molar-refractivity contribution in [1.82, 2.24) is 0 Å². The summed E-state index contributed by atoms with van der Waals surface area (Å²) in [6.45, 7) is 7.03. The highest BCUT2D eigenvalue weighted by atomic mass is 16.7. The number of ether oxygens (including phenoxy) is 6. The topological polar surface area (TPSA) is 157 Å². The minimum Gasteiger partial charge on any atom is -0.463 e. The molecule has 0 aromatic carbocycles. The van der Waals surface area contributed by atoms with Gasteiger partial charge in [0, 0.05) is 17.9 Å². The van der Waals surface area contributed by atoms with Crippen molar-refractivity contribution in [2.24, 2.45) is 10.8 Å². The van der Waals surface area contributed by atoms with E-state index in [0.717, 1.165) is 5.57 Å². The van der Waals surface area contributed by atoms with E-state index in [0.29, 0.717) is 13.0 Å². The Morgan fingerprint density at radius 3 is 2.55 bits per heavy atom. The van der Waals surface area contributed by atoms with Crippen LogP contribution in [0.1, 0.15) is 40.5 Å². The number of allylic oxidation sites excluding steroid dienone is 2. The van der Waals surface area contributed by atoms with Gasteiger partial charge in [-0.05, 0) is 32.8 Å². The number of hydrogen-bond acceptors (Lipinski definition) is 11. The average Bonchev–Trinajstić information content (AvgIpc) is 3.81. The SMILES string of the molecule is CC1=CC2OC3CC4OC(=O)C=C/C=C/C(C(C)O)OCC(O)C5(C)OC5C(=O)OCC2(CC1O)C4(C)C31CO1. The molecule has 4 aliphatic heterocycles. The number of hydrogen-bond donors (Lipinski definition) is 3. The highest BCUT2D eigenvalue weighted by Gasteiger charge is 2.83. The number of fused-ring (bicyclic) bond motifs is 1. The molecule has 11 nitrogen and oxygen atoms in total. The lowest BCUT2D eigenvalue weighted by Crippen LogP contribution is -2.68. The van der Waals surface area contributed by atoms with Crippen LogP contribution in [0.5, 0.6) is 0 Å². The summed E-state index contributed by atoms with van der Waals surface area (Å²) in [6.07, 6.45) is 2.24. The summed E-state index contributed by atoms with van der Waals surface area (Å²) in [7, 11) is 0. The molecule has 3 N–H and O–H groups in total. The van der Waals surface area contributed by atoms with Crippen LogP contribution in [0.3, 0.4) is 0 Å². The fraction of sp³-hybridized carbons (Fsp3) is 0.724. The number of cyclic esters (lactones) is 1. The monoisotopic (exact) mass is 562 g/mol. The van der Waals surface area contributed by atoms with Gasteiger partial charge >= 0.3 is 11.9 Å². The normalized spacial score (nSPS) is 51.8. The van der Waals surface area contributed by atoms with Crippen LogP contribution in [0.4, 0.5) is 0 Å². The lowest BCUT2D eigenvalue weighted by Gasteiger charge is -2.58. The van der Waals surface area contributed by atoms with Crippen molar-refractivity contribution in [3.8, 4) is 0 Å². The Morgan fingerprint density at radius 2 is 1.85 bits per heavy atom. The number of rotatable bonds is 1. The van der Waals surface area contributed by atoms with Crippen LogP contribution in [0.2, 0.25) is 0 Å². The molecule has 4 heterocycles. The second-order valence-electron chi connectivity index (χ2n) is 12.5. The van der Waals surface area contributed by atoms with Crippen LogP contribution in [-0.4, -0.2) is 107 Å². The van der Waals surface area contributed by atoms with Crippen molar-refractivity contribution < 1.29 is 53.3 Å². The summed E-state index contributed by atoms with van der Waals surface area (Å²) in [5, 5.41) is 31.9. The lowest BCUT2D eigenvalue weighted by molar-refractivity contribution is -0.239. The minimum absolute atomic E-state index is 0.134. The number of aliphatic hydroxyl groups excluding tert-OH is 3. The first-order valence-corrected chi connectivity index (χ1v) is 13.9. The van der Waals surface area contributed by atoms with Crippen LogP contribution < -0.4 is 0 Å². The molecule has 2 spiro atoms. The van der Waals surface area contributed by atoms with E-state index in [4.69, 9.17) is 28.4 Å². The Bertz CT molecular complexity index is 1160. The largest absolute Gasteiger partial charge is 0.463 e. The average molecular weight is 563 g/mol. The number of aliphatic hydroxyl groups is 3. The van der Waals surface area contributed by atoms with E-state index < -0.39 is 76.7 Å². The molecule has 2 aliphatic carbocycles. The zero-order valence-corrected chi connectivity index (χ0v) is 23.1. The quantitative estimate of drug-likeness (QED) is 0.232. The molecule has 6 rings (SSSR count). The molecule has 0 amide bonds. The van der Waals surface area contributed by atoms with Gasteiger partial charge in [-0.25, -0.2) is 9.59 Å². The first kappa shape index (κ1) is 28.0. The van der Waals surface area contributed by atoms with Gasteiger partial charge in [-0.1, -0.05) is 31.2 Å². The number of esters is 2. The minimum atomic E-state index is -1.22. The second-order valence-corrected chi connectivity index (χ2v) is 12.5. The van der Waals surface area contributed by atoms with E-state index in [2.05, 4.69) is 0 Å². The third kappa shape index (κ3) is 3.97. The van der Waals surface area contributed by atoms with Gasteiger partial charge in [0.2, 0.25) is 0 Å². The molecule has 1 saturated carbocycles. The van der Waals surface area contributed by atoms with E-state index in [-0.39, 0.29) is 25.7 Å². The summed E-state index contributed by atoms with van der Waals surface area (Å²) in [5.74, 6) is -1.23. The third-order valence-electron chi connectivity index (χ3n) is 10.3. The highest BCUT2D eigenvalue weighted by molar-refractivity contribution is 5.82. The van der Waals surface area contributed by atoms with E-state index in [1.807, 2.05) is 19.9 Å². The van der Waals surface area contributed by atoms with Gasteiger partial charge in [-0.2, -0.15) is 0 Å². The standard InChI is InChI=1S/C29H38O11/c1-15-9-21-28(11-17(15)31)13-36-25(34)24-26(3,40-24)19(32)12-35-18(16(2)30)7-5-6-8-23(33)39-20-10-22(38-21)29(14-37-29)27(20,28)4/h5-9,16-22,24,30-32H,10-14H2,1-4H3/b7-5+,8-6?. The maximum atomic E-state index is 13.3. The van der Waals surface area contributed by atoms with Crippen molar-refractivity contribution >= 4 is 11.9 Å². The molecule has 4 fully saturated rings. The zero-order chi connectivity index (χ0) is 28.7. The maximum absolute atomic E-state index is 13.3. The summed E-state index contributed by atoms with van der Waals surface area (Å²) in [4.78, 5) is 26.3. The van der Waals surface area contributed by atoms with E-state index in [1.165, 1.54) is 12.2 Å². The van der Waals surface area contributed by atoms with Crippen LogP contribution in [0, 0.1) is 10.8 Å². The van der Waals surface area contributed by atoms with E-state index >= 15 is 0 Å². The molecule has 12 unspecified atom stereocenters. The molecule has 0 aromatic heterocycles. The fourth-order valence-electron chi connectivity index (χ4n) is 7.38. The fourth-order valence-corrected chi connectivity index (χ4v) is 7.38. The molecular formula is C29H38O11. The Morgan fingerprint density at radius 1 is 1.10 bits per heavy atom. The van der Waals surface area contributed by atoms with Crippen LogP contribution in [0.15, 0.2) is 36.0 Å². The first-order chi connectivity index (χ1) is 18.9. The summed E-state index contributed by atoms with van der Waals surface area (Å²) >= 11 is 0. The first-order valence-electron chi connectivity index (χ1n) is 13.9. The van der Waals surface area contributed by atoms with Gasteiger partial charge in [0.05, 0.1) is 43.0 Å². The van der Waals surface area contributed by atoms with Crippen molar-refractivity contribution in [1.29, 1.82) is 0 Å². The van der Waals surface area contributed by atoms with Gasteiger partial charge in [0.25, 0.3) is 0 Å². The molecule has 6 aliphatic rings. The summed E-state index contributed by atoms with van der Waals surface area (Å²) in [5.41, 5.74) is -3.03. The van der Waals surface area contributed by atoms with Crippen molar-refractivity contribution in [3.63, 3.8) is 0 Å². The smallest absolute Gasteiger partial charge is 0.338 e. The highest BCUT2D eigenvalue weighted by Crippen LogP contribution is 2.72. The number of epoxide rings is 2. The predicted octanol–water partition coefficient (Wildman–Crippen LogP) is 0.496. The summed E-state index contributed by atoms with van der Waals surface area (Å²) in [6, 6.07) is 0. The van der Waals surface area contributed by atoms with Crippen molar-refractivity contribution in [2.75, 3.05) is 19.8 Å². The molecular weight excluding hydrogens is 524 g/mol. The van der Waals surface area contributed by atoms with Crippen LogP contribution in [-0.2, 0) is 38.0 Å². The van der Waals surface area contributed by atoms with Gasteiger partial charge in [0.15, 0.2) is 6.10 Å². The molecule has 12 atom stereocenters. The van der Waals surface area contributed by atoms with Gasteiger partial charge in [-0.3, -0.25) is 0 Å². The molecule has 11 heteroatoms. The predicted molar refractivity (Wildman–Crippen MR) is 137 cm³/mol. The summed E-state index contributed by atoms with van der Waals surface area (Å²) < 4.78 is 35.9. The Labute approximate surface area is 232 Å². The third-order valence-corrected chi connectivity index (χ3v) is 10.3. The Kier molecular flexibility index (Phi) is 6.62. The Balaban J connectivity index is 1.38. The molecule has 40 heavy (non-hydrogen) atoms. The molecule has 2 bridgehead atoms. The van der Waals surface area contributed by atoms with E-state index in [9.17, 15) is 24.9 Å². The van der Waals surface area contributed by atoms with Gasteiger partial charge in [0.1, 0.15) is 36.1 Å². The van der Waals surface area contributed by atoms with Crippen LogP contribution in [0.25, 0.3) is 0 Å². The molecule has 3 saturated heterocycles. The van der Waals surface area contributed by atoms with Crippen molar-refractivity contribution in [3.05, 3.63) is 36.0 Å². The van der Waals surface area contributed by atoms with E-state index in [1.54, 1.807) is 26.0 Å². The molecule has 0 radical (unpaired) electrons. The number of carbonyl (C=O) groups excluding carboxylic acids is 2. The number of carbonyl (C=O) groups is 2. The zero-order valence-electron chi connectivity index (χ0n) is 23.1.